The predicted octanol–water partition coefficient (Wildman–Crippen LogP) is 10.5. The Hall–Kier alpha value is -4.03. The van der Waals surface area contributed by atoms with Crippen LogP contribution < -0.4 is 9.64 Å². The van der Waals surface area contributed by atoms with Gasteiger partial charge in [0.1, 0.15) is 23.0 Å². The van der Waals surface area contributed by atoms with Crippen LogP contribution in [0.3, 0.4) is 0 Å². The first-order valence-electron chi connectivity index (χ1n) is 21.5. The van der Waals surface area contributed by atoms with Crippen LogP contribution >= 0.6 is 0 Å². The summed E-state index contributed by atoms with van der Waals surface area (Å²) in [7, 11) is 1.40. The number of piperidine rings is 1. The van der Waals surface area contributed by atoms with Crippen molar-refractivity contribution in [3.8, 4) is 28.1 Å². The number of carbonyl (C=O) groups excluding carboxylic acids is 1. The first-order valence-corrected chi connectivity index (χ1v) is 21.5. The van der Waals surface area contributed by atoms with Crippen LogP contribution in [0.15, 0.2) is 42.6 Å². The lowest BCUT2D eigenvalue weighted by Crippen LogP contribution is -2.46. The molecule has 3 heterocycles. The molecule has 0 bridgehead atoms. The number of hydrogen-bond donors (Lipinski definition) is 0. The van der Waals surface area contributed by atoms with E-state index in [2.05, 4.69) is 30.1 Å². The van der Waals surface area contributed by atoms with Crippen molar-refractivity contribution in [1.29, 1.82) is 0 Å². The summed E-state index contributed by atoms with van der Waals surface area (Å²) in [6, 6.07) is 11.2. The first-order chi connectivity index (χ1) is 28.1. The van der Waals surface area contributed by atoms with Crippen molar-refractivity contribution >= 4 is 17.4 Å². The molecule has 2 aromatic carbocycles. The SMILES string of the molecule is CCCCOc1cc(C)cc(F)c1-c1cccc(-c2cn3c(N4CCC(C)(OCCOC[C@@H](C)OCCCC)CC4)c([C@H](OC(C)(C)C)C(=O)OC)c(C)c(C)c3n2)c1. The van der Waals surface area contributed by atoms with Gasteiger partial charge in [0.2, 0.25) is 0 Å². The highest BCUT2D eigenvalue weighted by Gasteiger charge is 2.38. The van der Waals surface area contributed by atoms with Gasteiger partial charge in [-0.1, -0.05) is 44.9 Å². The van der Waals surface area contributed by atoms with E-state index in [9.17, 15) is 4.79 Å². The zero-order chi connectivity index (χ0) is 42.9. The minimum absolute atomic E-state index is 0.0482. The van der Waals surface area contributed by atoms with Crippen LogP contribution in [-0.2, 0) is 28.5 Å². The predicted molar refractivity (Wildman–Crippen MR) is 233 cm³/mol. The Morgan fingerprint density at radius 1 is 0.949 bits per heavy atom. The molecule has 4 aromatic rings. The van der Waals surface area contributed by atoms with Gasteiger partial charge in [0.25, 0.3) is 0 Å². The molecule has 324 valence electrons. The summed E-state index contributed by atoms with van der Waals surface area (Å²) in [6.45, 7) is 24.3. The first kappa shape index (κ1) is 46.0. The smallest absolute Gasteiger partial charge is 0.339 e. The van der Waals surface area contributed by atoms with E-state index in [0.717, 1.165) is 90.1 Å². The Morgan fingerprint density at radius 3 is 2.32 bits per heavy atom. The summed E-state index contributed by atoms with van der Waals surface area (Å²) in [5.74, 6) is 0.565. The largest absolute Gasteiger partial charge is 0.493 e. The van der Waals surface area contributed by atoms with Crippen molar-refractivity contribution in [3.63, 3.8) is 0 Å². The van der Waals surface area contributed by atoms with Crippen LogP contribution in [0.1, 0.15) is 115 Å². The number of rotatable bonds is 20. The molecule has 2 aromatic heterocycles. The number of ether oxygens (including phenoxy) is 6. The number of unbranched alkanes of at least 4 members (excludes halogenated alkanes) is 2. The lowest BCUT2D eigenvalue weighted by atomic mass is 9.92. The van der Waals surface area contributed by atoms with E-state index in [1.54, 1.807) is 6.07 Å². The maximum absolute atomic E-state index is 15.8. The van der Waals surface area contributed by atoms with Gasteiger partial charge in [-0.05, 0) is 122 Å². The van der Waals surface area contributed by atoms with E-state index < -0.39 is 17.7 Å². The maximum atomic E-state index is 15.8. The van der Waals surface area contributed by atoms with E-state index in [1.807, 2.05) is 85.0 Å². The van der Waals surface area contributed by atoms with Gasteiger partial charge >= 0.3 is 5.97 Å². The molecule has 1 fully saturated rings. The molecule has 2 atom stereocenters. The molecule has 11 heteroatoms. The van der Waals surface area contributed by atoms with Crippen molar-refractivity contribution in [2.75, 3.05) is 58.1 Å². The fourth-order valence-electron chi connectivity index (χ4n) is 7.61. The zero-order valence-corrected chi connectivity index (χ0v) is 37.5. The number of aryl methyl sites for hydroxylation is 2. The Balaban J connectivity index is 1.51. The fraction of sp³-hybridized carbons (Fsp3) is 0.583. The van der Waals surface area contributed by atoms with Crippen molar-refractivity contribution in [2.24, 2.45) is 0 Å². The van der Waals surface area contributed by atoms with E-state index in [4.69, 9.17) is 33.4 Å². The summed E-state index contributed by atoms with van der Waals surface area (Å²) < 4.78 is 54.1. The molecule has 0 N–H and O–H groups in total. The molecule has 1 saturated heterocycles. The summed E-state index contributed by atoms with van der Waals surface area (Å²) in [5, 5.41) is 0. The van der Waals surface area contributed by atoms with E-state index in [0.29, 0.717) is 56.4 Å². The van der Waals surface area contributed by atoms with Gasteiger partial charge in [-0.15, -0.1) is 0 Å². The van der Waals surface area contributed by atoms with Crippen molar-refractivity contribution < 1.29 is 37.6 Å². The third-order valence-electron chi connectivity index (χ3n) is 11.1. The standard InChI is InChI=1S/C48H68FN3O7/c1-12-14-23-56-33(4)31-55-25-26-58-48(10)19-21-51(22-20-48)45-41(43(46(53)54-11)59-47(7,8)9)34(5)35(6)44-50-39(30-52(44)45)36-17-16-18-37(29-36)42-38(49)27-32(3)28-40(42)57-24-15-13-2/h16-18,27-30,33,43H,12-15,19-26,31H2,1-11H3/t33-,43+/m1/s1. The second-order valence-corrected chi connectivity index (χ2v) is 17.2. The molecule has 0 unspecified atom stereocenters. The minimum atomic E-state index is -0.988. The molecule has 0 spiro atoms. The van der Waals surface area contributed by atoms with Gasteiger partial charge in [-0.3, -0.25) is 4.40 Å². The maximum Gasteiger partial charge on any atom is 0.339 e. The summed E-state index contributed by atoms with van der Waals surface area (Å²) >= 11 is 0. The van der Waals surface area contributed by atoms with Gasteiger partial charge in [0.05, 0.1) is 62.1 Å². The number of anilines is 1. The molecule has 1 aliphatic rings. The van der Waals surface area contributed by atoms with Crippen LogP contribution in [-0.4, -0.2) is 85.9 Å². The molecular formula is C48H68FN3O7. The minimum Gasteiger partial charge on any atom is -0.493 e. The normalized spacial score (nSPS) is 15.4. The van der Waals surface area contributed by atoms with Gasteiger partial charge in [-0.2, -0.15) is 0 Å². The lowest BCUT2D eigenvalue weighted by Gasteiger charge is -2.42. The molecular weight excluding hydrogens is 750 g/mol. The molecule has 5 rings (SSSR count). The highest BCUT2D eigenvalue weighted by molar-refractivity contribution is 5.83. The van der Waals surface area contributed by atoms with Gasteiger partial charge in [0.15, 0.2) is 6.10 Å². The number of hydrogen-bond acceptors (Lipinski definition) is 9. The highest BCUT2D eigenvalue weighted by Crippen LogP contribution is 2.42. The van der Waals surface area contributed by atoms with Gasteiger partial charge in [0, 0.05) is 37.0 Å². The van der Waals surface area contributed by atoms with Crippen LogP contribution in [0, 0.1) is 26.6 Å². The van der Waals surface area contributed by atoms with Gasteiger partial charge in [-0.25, -0.2) is 14.2 Å². The Labute approximate surface area is 351 Å². The highest BCUT2D eigenvalue weighted by atomic mass is 19.1. The summed E-state index contributed by atoms with van der Waals surface area (Å²) in [5.41, 5.74) is 5.83. The van der Waals surface area contributed by atoms with E-state index in [1.165, 1.54) is 7.11 Å². The van der Waals surface area contributed by atoms with Gasteiger partial charge < -0.3 is 33.3 Å². The number of aromatic nitrogens is 2. The van der Waals surface area contributed by atoms with Crippen LogP contribution in [0.2, 0.25) is 0 Å². The average molecular weight is 818 g/mol. The van der Waals surface area contributed by atoms with Crippen LogP contribution in [0.4, 0.5) is 10.2 Å². The zero-order valence-electron chi connectivity index (χ0n) is 37.5. The Bertz CT molecular complexity index is 2010. The number of esters is 1. The number of benzene rings is 2. The number of methoxy groups -OCH3 is 1. The Morgan fingerprint density at radius 2 is 1.64 bits per heavy atom. The number of halogens is 1. The molecule has 1 aliphatic heterocycles. The molecule has 0 radical (unpaired) electrons. The lowest BCUT2D eigenvalue weighted by molar-refractivity contribution is -0.164. The second kappa shape index (κ2) is 20.5. The Kier molecular flexibility index (Phi) is 16.0. The number of carbonyl (C=O) groups is 1. The third kappa shape index (κ3) is 11.6. The molecule has 59 heavy (non-hydrogen) atoms. The summed E-state index contributed by atoms with van der Waals surface area (Å²) in [4.78, 5) is 21.2. The quantitative estimate of drug-likeness (QED) is 0.0638. The second-order valence-electron chi connectivity index (χ2n) is 17.2. The number of nitrogens with zero attached hydrogens (tertiary/aromatic N) is 3. The summed E-state index contributed by atoms with van der Waals surface area (Å²) in [6.07, 6.45) is 6.61. The van der Waals surface area contributed by atoms with Crippen molar-refractivity contribution in [3.05, 3.63) is 70.7 Å². The van der Waals surface area contributed by atoms with Crippen molar-refractivity contribution in [2.45, 2.75) is 131 Å². The van der Waals surface area contributed by atoms with E-state index in [-0.39, 0.29) is 17.5 Å². The third-order valence-corrected chi connectivity index (χ3v) is 11.1. The number of pyridine rings is 1. The van der Waals surface area contributed by atoms with Crippen LogP contribution in [0.25, 0.3) is 28.0 Å². The van der Waals surface area contributed by atoms with Crippen LogP contribution in [0.5, 0.6) is 5.75 Å². The van der Waals surface area contributed by atoms with E-state index >= 15 is 4.39 Å². The molecule has 0 aliphatic carbocycles. The van der Waals surface area contributed by atoms with Crippen molar-refractivity contribution in [1.82, 2.24) is 9.38 Å². The monoisotopic (exact) mass is 818 g/mol. The molecule has 10 nitrogen and oxygen atoms in total. The number of imidazole rings is 1. The molecule has 0 saturated carbocycles. The topological polar surface area (TPSA) is 93.0 Å². The fourth-order valence-corrected chi connectivity index (χ4v) is 7.61. The number of fused-ring (bicyclic) bond motifs is 1. The average Bonchev–Trinajstić information content (AvgIpc) is 3.64. The molecule has 0 amide bonds.